The van der Waals surface area contributed by atoms with Crippen molar-refractivity contribution in [3.8, 4) is 0 Å². The van der Waals surface area contributed by atoms with E-state index in [0.717, 1.165) is 6.42 Å². The molecule has 1 atom stereocenters. The topological polar surface area (TPSA) is 82.8 Å². The monoisotopic (exact) mass is 268 g/mol. The number of carbonyl (C=O) groups is 2. The first kappa shape index (κ1) is 15.1. The van der Waals surface area contributed by atoms with Crippen LogP contribution < -0.4 is 5.32 Å². The summed E-state index contributed by atoms with van der Waals surface area (Å²) < 4.78 is 5.04. The number of carboxylic acids is 1. The Bertz CT molecular complexity index is 442. The van der Waals surface area contributed by atoms with E-state index in [-0.39, 0.29) is 18.3 Å². The van der Waals surface area contributed by atoms with Crippen LogP contribution in [0, 0.1) is 5.92 Å². The number of urea groups is 1. The van der Waals surface area contributed by atoms with Crippen molar-refractivity contribution in [3.63, 3.8) is 0 Å². The number of hydrogen-bond acceptors (Lipinski definition) is 3. The van der Waals surface area contributed by atoms with Gasteiger partial charge in [0, 0.05) is 13.6 Å². The van der Waals surface area contributed by atoms with Crippen LogP contribution in [-0.4, -0.2) is 35.6 Å². The van der Waals surface area contributed by atoms with Crippen molar-refractivity contribution in [1.29, 1.82) is 0 Å². The van der Waals surface area contributed by atoms with E-state index in [1.807, 2.05) is 0 Å². The zero-order chi connectivity index (χ0) is 14.4. The molecule has 106 valence electrons. The average molecular weight is 268 g/mol. The molecule has 2 amide bonds. The maximum absolute atomic E-state index is 11.8. The van der Waals surface area contributed by atoms with Gasteiger partial charge in [0.05, 0.1) is 6.54 Å². The molecule has 1 heterocycles. The van der Waals surface area contributed by atoms with Gasteiger partial charge in [-0.2, -0.15) is 0 Å². The number of hydrogen-bond donors (Lipinski definition) is 2. The van der Waals surface area contributed by atoms with Gasteiger partial charge in [0.15, 0.2) is 0 Å². The highest BCUT2D eigenvalue weighted by Gasteiger charge is 2.13. The van der Waals surface area contributed by atoms with Gasteiger partial charge in [-0.05, 0) is 18.1 Å². The third kappa shape index (κ3) is 4.65. The van der Waals surface area contributed by atoms with Crippen molar-refractivity contribution in [2.24, 2.45) is 5.92 Å². The van der Waals surface area contributed by atoms with Crippen LogP contribution in [0.4, 0.5) is 4.79 Å². The highest BCUT2D eigenvalue weighted by Crippen LogP contribution is 2.08. The summed E-state index contributed by atoms with van der Waals surface area (Å²) in [4.78, 5) is 24.0. The van der Waals surface area contributed by atoms with Crippen molar-refractivity contribution >= 4 is 12.0 Å². The summed E-state index contributed by atoms with van der Waals surface area (Å²) in [5.41, 5.74) is 0. The largest absolute Gasteiger partial charge is 0.475 e. The fourth-order valence-electron chi connectivity index (χ4n) is 1.57. The number of carboxylic acid groups (broad SMARTS) is 1. The Morgan fingerprint density at radius 3 is 2.68 bits per heavy atom. The summed E-state index contributed by atoms with van der Waals surface area (Å²) >= 11 is 0. The Morgan fingerprint density at radius 1 is 1.47 bits per heavy atom. The zero-order valence-corrected chi connectivity index (χ0v) is 11.5. The molecule has 2 N–H and O–H groups in total. The number of aromatic carboxylic acids is 1. The molecule has 6 heteroatoms. The van der Waals surface area contributed by atoms with E-state index in [9.17, 15) is 9.59 Å². The second-order valence-electron chi connectivity index (χ2n) is 4.62. The predicted molar refractivity (Wildman–Crippen MR) is 70.0 cm³/mol. The van der Waals surface area contributed by atoms with Gasteiger partial charge in [0.2, 0.25) is 5.76 Å². The number of nitrogens with zero attached hydrogens (tertiary/aromatic N) is 1. The van der Waals surface area contributed by atoms with E-state index < -0.39 is 5.97 Å². The molecule has 0 fully saturated rings. The average Bonchev–Trinajstić information content (AvgIpc) is 2.84. The maximum Gasteiger partial charge on any atom is 0.371 e. The van der Waals surface area contributed by atoms with Gasteiger partial charge in [0.25, 0.3) is 0 Å². The summed E-state index contributed by atoms with van der Waals surface area (Å²) in [5, 5.41) is 11.4. The summed E-state index contributed by atoms with van der Waals surface area (Å²) in [6.07, 6.45) is 1.01. The molecule has 0 bridgehead atoms. The lowest BCUT2D eigenvalue weighted by Crippen LogP contribution is -2.39. The lowest BCUT2D eigenvalue weighted by atomic mass is 10.1. The van der Waals surface area contributed by atoms with Crippen molar-refractivity contribution < 1.29 is 19.1 Å². The number of amides is 2. The SMILES string of the molecule is CCC(C)CN(C)C(=O)NCc1ccc(C(=O)O)o1. The molecular weight excluding hydrogens is 248 g/mol. The van der Waals surface area contributed by atoms with Crippen LogP contribution in [-0.2, 0) is 6.54 Å². The molecule has 1 unspecified atom stereocenters. The quantitative estimate of drug-likeness (QED) is 0.828. The summed E-state index contributed by atoms with van der Waals surface area (Å²) in [7, 11) is 1.73. The van der Waals surface area contributed by atoms with Crippen LogP contribution in [0.3, 0.4) is 0 Å². The van der Waals surface area contributed by atoms with Crippen molar-refractivity contribution in [3.05, 3.63) is 23.7 Å². The number of carbonyl (C=O) groups excluding carboxylic acids is 1. The van der Waals surface area contributed by atoms with E-state index in [2.05, 4.69) is 19.2 Å². The van der Waals surface area contributed by atoms with E-state index >= 15 is 0 Å². The van der Waals surface area contributed by atoms with E-state index in [1.54, 1.807) is 18.0 Å². The minimum atomic E-state index is -1.12. The van der Waals surface area contributed by atoms with E-state index in [0.29, 0.717) is 18.2 Å². The Labute approximate surface area is 112 Å². The van der Waals surface area contributed by atoms with Gasteiger partial charge < -0.3 is 19.7 Å². The molecule has 0 aliphatic carbocycles. The third-order valence-corrected chi connectivity index (χ3v) is 2.92. The van der Waals surface area contributed by atoms with Crippen molar-refractivity contribution in [2.75, 3.05) is 13.6 Å². The lowest BCUT2D eigenvalue weighted by molar-refractivity contribution is 0.0660. The fraction of sp³-hybridized carbons (Fsp3) is 0.538. The summed E-state index contributed by atoms with van der Waals surface area (Å²) in [5.74, 6) is -0.385. The first-order chi connectivity index (χ1) is 8.93. The Hall–Kier alpha value is -1.98. The highest BCUT2D eigenvalue weighted by molar-refractivity contribution is 5.84. The molecule has 0 aliphatic heterocycles. The summed E-state index contributed by atoms with van der Waals surface area (Å²) in [6.45, 7) is 5.01. The number of rotatable bonds is 6. The number of furan rings is 1. The van der Waals surface area contributed by atoms with Gasteiger partial charge in [0.1, 0.15) is 5.76 Å². The van der Waals surface area contributed by atoms with Gasteiger partial charge in [-0.25, -0.2) is 9.59 Å². The second kappa shape index (κ2) is 6.82. The first-order valence-electron chi connectivity index (χ1n) is 6.25. The Morgan fingerprint density at radius 2 is 2.16 bits per heavy atom. The van der Waals surface area contributed by atoms with Crippen LogP contribution >= 0.6 is 0 Å². The molecule has 6 nitrogen and oxygen atoms in total. The minimum absolute atomic E-state index is 0.128. The van der Waals surface area contributed by atoms with Gasteiger partial charge >= 0.3 is 12.0 Å². The minimum Gasteiger partial charge on any atom is -0.475 e. The van der Waals surface area contributed by atoms with Crippen molar-refractivity contribution in [2.45, 2.75) is 26.8 Å². The van der Waals surface area contributed by atoms with E-state index in [1.165, 1.54) is 6.07 Å². The van der Waals surface area contributed by atoms with Gasteiger partial charge in [-0.1, -0.05) is 20.3 Å². The molecule has 0 saturated carbocycles. The molecule has 0 radical (unpaired) electrons. The standard InChI is InChI=1S/C13H20N2O4/c1-4-9(2)8-15(3)13(18)14-7-10-5-6-11(19-10)12(16)17/h5-6,9H,4,7-8H2,1-3H3,(H,14,18)(H,16,17). The zero-order valence-electron chi connectivity index (χ0n) is 11.5. The lowest BCUT2D eigenvalue weighted by Gasteiger charge is -2.20. The molecule has 1 rings (SSSR count). The normalized spacial score (nSPS) is 11.9. The van der Waals surface area contributed by atoms with Gasteiger partial charge in [-0.15, -0.1) is 0 Å². The van der Waals surface area contributed by atoms with Crippen LogP contribution in [0.25, 0.3) is 0 Å². The molecule has 1 aromatic heterocycles. The van der Waals surface area contributed by atoms with Crippen LogP contribution in [0.2, 0.25) is 0 Å². The third-order valence-electron chi connectivity index (χ3n) is 2.92. The molecule has 0 aliphatic rings. The maximum atomic E-state index is 11.8. The molecule has 0 saturated heterocycles. The van der Waals surface area contributed by atoms with Crippen LogP contribution in [0.5, 0.6) is 0 Å². The number of nitrogens with one attached hydrogen (secondary N) is 1. The second-order valence-corrected chi connectivity index (χ2v) is 4.62. The molecule has 0 spiro atoms. The molecular formula is C13H20N2O4. The van der Waals surface area contributed by atoms with Crippen LogP contribution in [0.1, 0.15) is 36.6 Å². The smallest absolute Gasteiger partial charge is 0.371 e. The van der Waals surface area contributed by atoms with Gasteiger partial charge in [-0.3, -0.25) is 0 Å². The summed E-state index contributed by atoms with van der Waals surface area (Å²) in [6, 6.07) is 2.71. The van der Waals surface area contributed by atoms with Crippen LogP contribution in [0.15, 0.2) is 16.5 Å². The Kier molecular flexibility index (Phi) is 5.41. The predicted octanol–water partition coefficient (Wildman–Crippen LogP) is 2.17. The van der Waals surface area contributed by atoms with Crippen molar-refractivity contribution in [1.82, 2.24) is 10.2 Å². The van der Waals surface area contributed by atoms with E-state index in [4.69, 9.17) is 9.52 Å². The highest BCUT2D eigenvalue weighted by atomic mass is 16.4. The first-order valence-corrected chi connectivity index (χ1v) is 6.25. The Balaban J connectivity index is 2.42. The molecule has 19 heavy (non-hydrogen) atoms. The molecule has 1 aromatic rings. The molecule has 0 aromatic carbocycles. The fourth-order valence-corrected chi connectivity index (χ4v) is 1.57.